The minimum Gasteiger partial charge on any atom is -0.356 e. The number of hydrogen-bond donors (Lipinski definition) is 2. The molecule has 0 aromatic heterocycles. The molecule has 3 fully saturated rings. The van der Waals surface area contributed by atoms with E-state index in [1.165, 1.54) is 69.5 Å². The average Bonchev–Trinajstić information content (AvgIpc) is 3.23. The number of rotatable bonds is 4. The van der Waals surface area contributed by atoms with Gasteiger partial charge in [0, 0.05) is 38.8 Å². The lowest BCUT2D eigenvalue weighted by Gasteiger charge is -2.25. The lowest BCUT2D eigenvalue weighted by molar-refractivity contribution is 0.242. The van der Waals surface area contributed by atoms with Crippen LogP contribution in [0.2, 0.25) is 0 Å². The maximum absolute atomic E-state index is 4.43. The highest BCUT2D eigenvalue weighted by atomic mass is 32.2. The number of nitrogens with zero attached hydrogens (tertiary/aromatic N) is 2. The average molecular weight is 325 g/mol. The van der Waals surface area contributed by atoms with Crippen molar-refractivity contribution in [3.05, 3.63) is 0 Å². The van der Waals surface area contributed by atoms with Crippen molar-refractivity contribution in [2.75, 3.05) is 38.2 Å². The molecule has 4 nitrogen and oxygen atoms in total. The Bertz CT molecular complexity index is 362. The van der Waals surface area contributed by atoms with E-state index in [4.69, 9.17) is 0 Å². The second-order valence-corrected chi connectivity index (χ2v) is 8.30. The van der Waals surface area contributed by atoms with Gasteiger partial charge in [0.15, 0.2) is 5.96 Å². The third-order valence-electron chi connectivity index (χ3n) is 5.52. The van der Waals surface area contributed by atoms with E-state index in [-0.39, 0.29) is 0 Å². The summed E-state index contributed by atoms with van der Waals surface area (Å²) in [5.41, 5.74) is 0. The SMILES string of the molecule is CN=C(NCC1CCSCC1)NC1CCN(C2CCCC2)C1. The van der Waals surface area contributed by atoms with Gasteiger partial charge >= 0.3 is 0 Å². The Labute approximate surface area is 139 Å². The van der Waals surface area contributed by atoms with Crippen molar-refractivity contribution in [2.24, 2.45) is 10.9 Å². The Morgan fingerprint density at radius 1 is 1.14 bits per heavy atom. The summed E-state index contributed by atoms with van der Waals surface area (Å²) < 4.78 is 0. The van der Waals surface area contributed by atoms with E-state index in [0.717, 1.165) is 24.5 Å². The van der Waals surface area contributed by atoms with E-state index in [1.807, 2.05) is 7.05 Å². The third kappa shape index (κ3) is 4.54. The quantitative estimate of drug-likeness (QED) is 0.615. The zero-order valence-corrected chi connectivity index (χ0v) is 14.8. The van der Waals surface area contributed by atoms with Crippen molar-refractivity contribution in [1.82, 2.24) is 15.5 Å². The molecule has 3 aliphatic rings. The normalized spacial score (nSPS) is 29.1. The Balaban J connectivity index is 1.39. The summed E-state index contributed by atoms with van der Waals surface area (Å²) in [5.74, 6) is 4.50. The lowest BCUT2D eigenvalue weighted by Crippen LogP contribution is -2.46. The number of likely N-dealkylation sites (tertiary alicyclic amines) is 1. The summed E-state index contributed by atoms with van der Waals surface area (Å²) in [7, 11) is 1.90. The van der Waals surface area contributed by atoms with E-state index >= 15 is 0 Å². The highest BCUT2D eigenvalue weighted by molar-refractivity contribution is 7.99. The summed E-state index contributed by atoms with van der Waals surface area (Å²) in [5, 5.41) is 7.21. The van der Waals surface area contributed by atoms with Gasteiger partial charge in [-0.25, -0.2) is 0 Å². The van der Waals surface area contributed by atoms with Crippen molar-refractivity contribution >= 4 is 17.7 Å². The van der Waals surface area contributed by atoms with E-state index in [1.54, 1.807) is 0 Å². The van der Waals surface area contributed by atoms with E-state index < -0.39 is 0 Å². The van der Waals surface area contributed by atoms with Crippen LogP contribution in [0.4, 0.5) is 0 Å². The highest BCUT2D eigenvalue weighted by Gasteiger charge is 2.30. The zero-order valence-electron chi connectivity index (χ0n) is 14.0. The van der Waals surface area contributed by atoms with Crippen LogP contribution in [0.5, 0.6) is 0 Å². The topological polar surface area (TPSA) is 39.7 Å². The molecule has 2 N–H and O–H groups in total. The second-order valence-electron chi connectivity index (χ2n) is 7.07. The van der Waals surface area contributed by atoms with E-state index in [0.29, 0.717) is 6.04 Å². The van der Waals surface area contributed by atoms with Crippen LogP contribution in [0.25, 0.3) is 0 Å². The molecule has 22 heavy (non-hydrogen) atoms. The van der Waals surface area contributed by atoms with Gasteiger partial charge in [0.05, 0.1) is 0 Å². The summed E-state index contributed by atoms with van der Waals surface area (Å²) in [6.07, 6.45) is 9.67. The fraction of sp³-hybridized carbons (Fsp3) is 0.941. The van der Waals surface area contributed by atoms with Gasteiger partial charge in [-0.15, -0.1) is 0 Å². The Hall–Kier alpha value is -0.420. The number of aliphatic imine (C=N–C) groups is 1. The van der Waals surface area contributed by atoms with Crippen LogP contribution in [0.1, 0.15) is 44.9 Å². The van der Waals surface area contributed by atoms with Gasteiger partial charge in [-0.3, -0.25) is 9.89 Å². The summed E-state index contributed by atoms with van der Waals surface area (Å²) in [4.78, 5) is 7.13. The van der Waals surface area contributed by atoms with Gasteiger partial charge in [0.1, 0.15) is 0 Å². The number of nitrogens with one attached hydrogen (secondary N) is 2. The van der Waals surface area contributed by atoms with Crippen molar-refractivity contribution in [1.29, 1.82) is 0 Å². The van der Waals surface area contributed by atoms with Crippen LogP contribution in [-0.4, -0.2) is 61.1 Å². The zero-order chi connectivity index (χ0) is 15.2. The van der Waals surface area contributed by atoms with Crippen LogP contribution >= 0.6 is 11.8 Å². The molecule has 0 bridgehead atoms. The van der Waals surface area contributed by atoms with E-state index in [9.17, 15) is 0 Å². The maximum atomic E-state index is 4.43. The van der Waals surface area contributed by atoms with Crippen LogP contribution in [0.3, 0.4) is 0 Å². The highest BCUT2D eigenvalue weighted by Crippen LogP contribution is 2.26. The molecule has 0 aromatic carbocycles. The molecule has 1 aliphatic carbocycles. The molecule has 1 saturated carbocycles. The first kappa shape index (κ1) is 16.4. The smallest absolute Gasteiger partial charge is 0.191 e. The molecular weight excluding hydrogens is 292 g/mol. The largest absolute Gasteiger partial charge is 0.356 e. The molecule has 0 amide bonds. The van der Waals surface area contributed by atoms with Crippen molar-refractivity contribution in [2.45, 2.75) is 57.0 Å². The minimum absolute atomic E-state index is 0.578. The molecule has 2 aliphatic heterocycles. The van der Waals surface area contributed by atoms with Gasteiger partial charge in [0.25, 0.3) is 0 Å². The standard InChI is InChI=1S/C17H32N4S/c1-18-17(19-12-14-7-10-22-11-8-14)20-15-6-9-21(13-15)16-4-2-3-5-16/h14-16H,2-13H2,1H3,(H2,18,19,20). The molecule has 2 heterocycles. The minimum atomic E-state index is 0.578. The molecule has 3 rings (SSSR count). The monoisotopic (exact) mass is 324 g/mol. The number of hydrogen-bond acceptors (Lipinski definition) is 3. The summed E-state index contributed by atoms with van der Waals surface area (Å²) in [6.45, 7) is 3.55. The Kier molecular flexibility index (Phi) is 6.30. The molecule has 0 radical (unpaired) electrons. The van der Waals surface area contributed by atoms with Crippen LogP contribution < -0.4 is 10.6 Å². The van der Waals surface area contributed by atoms with Crippen LogP contribution in [-0.2, 0) is 0 Å². The first-order chi connectivity index (χ1) is 10.8. The van der Waals surface area contributed by atoms with Gasteiger partial charge in [-0.1, -0.05) is 12.8 Å². The van der Waals surface area contributed by atoms with Gasteiger partial charge in [-0.05, 0) is 49.5 Å². The Morgan fingerprint density at radius 3 is 2.64 bits per heavy atom. The van der Waals surface area contributed by atoms with Crippen molar-refractivity contribution < 1.29 is 0 Å². The third-order valence-corrected chi connectivity index (χ3v) is 6.57. The predicted molar refractivity (Wildman–Crippen MR) is 96.8 cm³/mol. The molecule has 0 aromatic rings. The lowest BCUT2D eigenvalue weighted by atomic mass is 10.0. The Morgan fingerprint density at radius 2 is 1.91 bits per heavy atom. The fourth-order valence-electron chi connectivity index (χ4n) is 4.09. The van der Waals surface area contributed by atoms with Crippen molar-refractivity contribution in [3.8, 4) is 0 Å². The fourth-order valence-corrected chi connectivity index (χ4v) is 5.29. The van der Waals surface area contributed by atoms with Crippen LogP contribution in [0.15, 0.2) is 4.99 Å². The molecule has 1 unspecified atom stereocenters. The predicted octanol–water partition coefficient (Wildman–Crippen LogP) is 2.31. The molecule has 126 valence electrons. The van der Waals surface area contributed by atoms with E-state index in [2.05, 4.69) is 32.3 Å². The summed E-state index contributed by atoms with van der Waals surface area (Å²) in [6, 6.07) is 1.44. The van der Waals surface area contributed by atoms with Gasteiger partial charge in [-0.2, -0.15) is 11.8 Å². The van der Waals surface area contributed by atoms with Crippen LogP contribution in [0, 0.1) is 5.92 Å². The molecule has 0 spiro atoms. The molecule has 5 heteroatoms. The second kappa shape index (κ2) is 8.44. The van der Waals surface area contributed by atoms with Crippen molar-refractivity contribution in [3.63, 3.8) is 0 Å². The maximum Gasteiger partial charge on any atom is 0.191 e. The first-order valence-corrected chi connectivity index (χ1v) is 10.3. The van der Waals surface area contributed by atoms with Gasteiger partial charge < -0.3 is 10.6 Å². The number of guanidine groups is 1. The molecular formula is C17H32N4S. The number of thioether (sulfide) groups is 1. The summed E-state index contributed by atoms with van der Waals surface area (Å²) >= 11 is 2.10. The first-order valence-electron chi connectivity index (χ1n) is 9.14. The molecule has 1 atom stereocenters. The molecule has 2 saturated heterocycles. The van der Waals surface area contributed by atoms with Gasteiger partial charge in [0.2, 0.25) is 0 Å².